The van der Waals surface area contributed by atoms with Crippen LogP contribution in [0.25, 0.3) is 0 Å². The van der Waals surface area contributed by atoms with Crippen molar-refractivity contribution in [2.24, 2.45) is 17.8 Å². The van der Waals surface area contributed by atoms with Crippen LogP contribution in [-0.4, -0.2) is 28.8 Å². The minimum atomic E-state index is -1.85. The van der Waals surface area contributed by atoms with E-state index in [9.17, 15) is 0 Å². The molecule has 154 valence electrons. The third-order valence-electron chi connectivity index (χ3n) is 5.83. The first-order chi connectivity index (χ1) is 11.6. The van der Waals surface area contributed by atoms with Crippen molar-refractivity contribution in [3.63, 3.8) is 0 Å². The van der Waals surface area contributed by atoms with Crippen LogP contribution in [0.15, 0.2) is 0 Å². The van der Waals surface area contributed by atoms with Crippen LogP contribution in [0.3, 0.4) is 0 Å². The molecule has 0 fully saturated rings. The van der Waals surface area contributed by atoms with Crippen molar-refractivity contribution in [2.75, 3.05) is 0 Å². The van der Waals surface area contributed by atoms with E-state index in [4.69, 9.17) is 8.85 Å². The quantitative estimate of drug-likeness (QED) is 0.309. The summed E-state index contributed by atoms with van der Waals surface area (Å²) in [6.45, 7) is 29.5. The molecule has 0 aliphatic heterocycles. The van der Waals surface area contributed by atoms with Gasteiger partial charge in [0.1, 0.15) is 0 Å². The van der Waals surface area contributed by atoms with E-state index < -0.39 is 16.6 Å². The van der Waals surface area contributed by atoms with Crippen molar-refractivity contribution >= 4 is 16.6 Å². The van der Waals surface area contributed by atoms with Crippen LogP contribution >= 0.6 is 0 Å². The highest BCUT2D eigenvalue weighted by Gasteiger charge is 2.43. The van der Waals surface area contributed by atoms with Crippen molar-refractivity contribution in [1.29, 1.82) is 0 Å². The molecule has 0 aromatic carbocycles. The van der Waals surface area contributed by atoms with E-state index in [1.165, 1.54) is 0 Å². The van der Waals surface area contributed by atoms with E-state index >= 15 is 0 Å². The number of hydrogen-bond donors (Lipinski definition) is 0. The van der Waals surface area contributed by atoms with Gasteiger partial charge in [0.05, 0.1) is 12.2 Å². The first-order valence-corrected chi connectivity index (χ1v) is 16.7. The second-order valence-electron chi connectivity index (χ2n) is 10.5. The minimum Gasteiger partial charge on any atom is -0.413 e. The Balaban J connectivity index is 5.83. The van der Waals surface area contributed by atoms with Crippen LogP contribution in [0, 0.1) is 29.6 Å². The molecular weight excluding hydrogens is 352 g/mol. The average molecular weight is 399 g/mol. The molecule has 0 saturated carbocycles. The Labute approximate surface area is 167 Å². The molecule has 4 heteroatoms. The normalized spacial score (nSPS) is 19.1. The zero-order valence-electron chi connectivity index (χ0n) is 19.9. The number of hydrogen-bond acceptors (Lipinski definition) is 2. The third kappa shape index (κ3) is 7.88. The van der Waals surface area contributed by atoms with Crippen molar-refractivity contribution < 1.29 is 8.85 Å². The van der Waals surface area contributed by atoms with E-state index in [0.717, 1.165) is 6.42 Å². The molecule has 0 heterocycles. The molecule has 0 aromatic rings. The summed E-state index contributed by atoms with van der Waals surface area (Å²) >= 11 is 0. The van der Waals surface area contributed by atoms with E-state index in [-0.39, 0.29) is 23.2 Å². The topological polar surface area (TPSA) is 18.5 Å². The Morgan fingerprint density at radius 2 is 1.38 bits per heavy atom. The van der Waals surface area contributed by atoms with E-state index in [2.05, 4.69) is 93.0 Å². The standard InChI is InChI=1S/C22H46O2Si2/c1-14-16-18(4)21(23-25(9,10)11)19(5)20(17(3)15-2)24-26(12,13)22(6,7)8/h17-21H,15H2,1-13H3/t17-,18+,19-,20+,21-/m0/s1. The summed E-state index contributed by atoms with van der Waals surface area (Å²) in [6.07, 6.45) is 1.46. The van der Waals surface area contributed by atoms with Crippen LogP contribution in [0.4, 0.5) is 0 Å². The van der Waals surface area contributed by atoms with Gasteiger partial charge < -0.3 is 8.85 Å². The summed E-state index contributed by atoms with van der Waals surface area (Å²) in [5, 5.41) is 0.211. The second kappa shape index (κ2) is 9.91. The fourth-order valence-corrected chi connectivity index (χ4v) is 5.78. The lowest BCUT2D eigenvalue weighted by Crippen LogP contribution is -2.51. The molecule has 0 aliphatic rings. The average Bonchev–Trinajstić information content (AvgIpc) is 2.47. The molecule has 0 aliphatic carbocycles. The zero-order valence-corrected chi connectivity index (χ0v) is 21.9. The van der Waals surface area contributed by atoms with Crippen molar-refractivity contribution in [2.45, 2.75) is 112 Å². The van der Waals surface area contributed by atoms with Gasteiger partial charge in [-0.2, -0.15) is 0 Å². The Hall–Kier alpha value is -0.0862. The van der Waals surface area contributed by atoms with Crippen LogP contribution in [0.2, 0.25) is 37.8 Å². The van der Waals surface area contributed by atoms with Crippen molar-refractivity contribution in [1.82, 2.24) is 0 Å². The predicted molar refractivity (Wildman–Crippen MR) is 122 cm³/mol. The molecule has 0 amide bonds. The Bertz CT molecular complexity index is 477. The molecule has 2 nitrogen and oxygen atoms in total. The second-order valence-corrected chi connectivity index (χ2v) is 19.7. The van der Waals surface area contributed by atoms with Gasteiger partial charge in [0.15, 0.2) is 16.6 Å². The van der Waals surface area contributed by atoms with E-state index in [1.54, 1.807) is 0 Å². The lowest BCUT2D eigenvalue weighted by Gasteiger charge is -2.45. The van der Waals surface area contributed by atoms with Crippen LogP contribution in [0.5, 0.6) is 0 Å². The van der Waals surface area contributed by atoms with Gasteiger partial charge in [0, 0.05) is 11.8 Å². The van der Waals surface area contributed by atoms with Crippen LogP contribution in [-0.2, 0) is 8.85 Å². The van der Waals surface area contributed by atoms with E-state index in [0.29, 0.717) is 11.8 Å². The van der Waals surface area contributed by atoms with Gasteiger partial charge in [-0.1, -0.05) is 53.9 Å². The summed E-state index contributed by atoms with van der Waals surface area (Å²) < 4.78 is 13.6. The van der Waals surface area contributed by atoms with Gasteiger partial charge in [-0.15, -0.1) is 5.92 Å². The fraction of sp³-hybridized carbons (Fsp3) is 0.909. The Kier molecular flexibility index (Phi) is 9.88. The lowest BCUT2D eigenvalue weighted by molar-refractivity contribution is -0.00394. The summed E-state index contributed by atoms with van der Waals surface area (Å²) in [5.41, 5.74) is 0. The first kappa shape index (κ1) is 25.9. The maximum atomic E-state index is 6.97. The molecule has 0 rings (SSSR count). The summed E-state index contributed by atoms with van der Waals surface area (Å²) in [7, 11) is -3.52. The van der Waals surface area contributed by atoms with E-state index in [1.807, 2.05) is 6.92 Å². The highest BCUT2D eigenvalue weighted by Crippen LogP contribution is 2.40. The number of rotatable bonds is 9. The summed E-state index contributed by atoms with van der Waals surface area (Å²) in [5.74, 6) is 7.50. The van der Waals surface area contributed by atoms with Crippen LogP contribution in [0.1, 0.15) is 61.8 Å². The minimum absolute atomic E-state index is 0.123. The maximum absolute atomic E-state index is 6.97. The molecule has 0 aromatic heterocycles. The van der Waals surface area contributed by atoms with Gasteiger partial charge in [0.2, 0.25) is 0 Å². The SMILES string of the molecule is CC#C[C@@H](C)[C@H](O[Si](C)(C)C)[C@@H](C)[C@H](O[Si](C)(C)C(C)(C)C)[C@@H](C)CC. The molecule has 0 saturated heterocycles. The van der Waals surface area contributed by atoms with Crippen molar-refractivity contribution in [3.05, 3.63) is 0 Å². The molecular formula is C22H46O2Si2. The van der Waals surface area contributed by atoms with Crippen LogP contribution < -0.4 is 0 Å². The Morgan fingerprint density at radius 1 is 0.885 bits per heavy atom. The van der Waals surface area contributed by atoms with Gasteiger partial charge >= 0.3 is 0 Å². The molecule has 26 heavy (non-hydrogen) atoms. The fourth-order valence-electron chi connectivity index (χ4n) is 3.06. The molecule has 0 unspecified atom stereocenters. The highest BCUT2D eigenvalue weighted by molar-refractivity contribution is 6.74. The molecule has 0 N–H and O–H groups in total. The molecule has 0 radical (unpaired) electrons. The maximum Gasteiger partial charge on any atom is 0.192 e. The van der Waals surface area contributed by atoms with Gasteiger partial charge in [0.25, 0.3) is 0 Å². The van der Waals surface area contributed by atoms with Gasteiger partial charge in [-0.3, -0.25) is 0 Å². The van der Waals surface area contributed by atoms with Gasteiger partial charge in [-0.05, 0) is 57.5 Å². The first-order valence-electron chi connectivity index (χ1n) is 10.3. The summed E-state index contributed by atoms with van der Waals surface area (Å²) in [6, 6.07) is 0. The van der Waals surface area contributed by atoms with Gasteiger partial charge in [-0.25, -0.2) is 0 Å². The molecule has 0 bridgehead atoms. The molecule has 5 atom stereocenters. The summed E-state index contributed by atoms with van der Waals surface area (Å²) in [4.78, 5) is 0. The largest absolute Gasteiger partial charge is 0.413 e. The smallest absolute Gasteiger partial charge is 0.192 e. The van der Waals surface area contributed by atoms with Crippen molar-refractivity contribution in [3.8, 4) is 11.8 Å². The molecule has 0 spiro atoms. The monoisotopic (exact) mass is 398 g/mol. The lowest BCUT2D eigenvalue weighted by atomic mass is 9.83. The Morgan fingerprint density at radius 3 is 1.73 bits per heavy atom. The third-order valence-corrected chi connectivity index (χ3v) is 11.3. The zero-order chi connectivity index (χ0) is 20.9. The predicted octanol–water partition coefficient (Wildman–Crippen LogP) is 6.94. The highest BCUT2D eigenvalue weighted by atomic mass is 28.4.